The molecule has 0 radical (unpaired) electrons. The first-order valence-corrected chi connectivity index (χ1v) is 8.69. The lowest BCUT2D eigenvalue weighted by Crippen LogP contribution is -2.42. The molecule has 0 atom stereocenters. The van der Waals surface area contributed by atoms with E-state index in [1.165, 1.54) is 16.8 Å². The fourth-order valence-electron chi connectivity index (χ4n) is 3.31. The van der Waals surface area contributed by atoms with E-state index >= 15 is 0 Å². The van der Waals surface area contributed by atoms with Gasteiger partial charge in [0, 0.05) is 42.2 Å². The number of hydrogen-bond donors (Lipinski definition) is 0. The van der Waals surface area contributed by atoms with Crippen LogP contribution in [0.4, 0.5) is 11.4 Å². The van der Waals surface area contributed by atoms with Crippen molar-refractivity contribution in [3.8, 4) is 11.5 Å². The third-order valence-electron chi connectivity index (χ3n) is 4.97. The van der Waals surface area contributed by atoms with Crippen molar-refractivity contribution < 1.29 is 9.47 Å². The summed E-state index contributed by atoms with van der Waals surface area (Å²) < 4.78 is 10.9. The van der Waals surface area contributed by atoms with Crippen LogP contribution in [-0.2, 0) is 0 Å². The van der Waals surface area contributed by atoms with Gasteiger partial charge >= 0.3 is 0 Å². The van der Waals surface area contributed by atoms with E-state index in [1.54, 1.807) is 14.2 Å². The minimum Gasteiger partial charge on any atom is -0.497 e. The highest BCUT2D eigenvalue weighted by molar-refractivity contribution is 5.91. The summed E-state index contributed by atoms with van der Waals surface area (Å²) in [5.74, 6) is 1.60. The molecule has 2 aromatic rings. The Morgan fingerprint density at radius 2 is 1.85 bits per heavy atom. The molecule has 0 amide bonds. The molecule has 0 aromatic heterocycles. The highest BCUT2D eigenvalue weighted by Crippen LogP contribution is 2.41. The zero-order chi connectivity index (χ0) is 18.9. The van der Waals surface area contributed by atoms with Gasteiger partial charge in [0.05, 0.1) is 25.4 Å². The van der Waals surface area contributed by atoms with Gasteiger partial charge < -0.3 is 14.4 Å². The van der Waals surface area contributed by atoms with Crippen molar-refractivity contribution in [3.63, 3.8) is 0 Å². The number of methoxy groups -OCH3 is 2. The summed E-state index contributed by atoms with van der Waals surface area (Å²) >= 11 is 0. The van der Waals surface area contributed by atoms with Gasteiger partial charge in [-0.05, 0) is 44.5 Å². The van der Waals surface area contributed by atoms with E-state index in [9.17, 15) is 0 Å². The summed E-state index contributed by atoms with van der Waals surface area (Å²) in [7, 11) is 5.47. The normalized spacial score (nSPS) is 15.6. The predicted molar refractivity (Wildman–Crippen MR) is 109 cm³/mol. The molecule has 26 heavy (non-hydrogen) atoms. The third kappa shape index (κ3) is 3.32. The van der Waals surface area contributed by atoms with Gasteiger partial charge in [0.2, 0.25) is 0 Å². The predicted octanol–water partition coefficient (Wildman–Crippen LogP) is 5.09. The number of allylic oxidation sites excluding steroid dienone is 1. The van der Waals surface area contributed by atoms with Crippen LogP contribution < -0.4 is 14.4 Å². The van der Waals surface area contributed by atoms with Crippen LogP contribution in [0.1, 0.15) is 31.9 Å². The summed E-state index contributed by atoms with van der Waals surface area (Å²) in [5.41, 5.74) is 5.41. The average molecular weight is 350 g/mol. The topological polar surface area (TPSA) is 34.1 Å². The van der Waals surface area contributed by atoms with Gasteiger partial charge in [-0.2, -0.15) is 0 Å². The molecule has 4 nitrogen and oxygen atoms in total. The lowest BCUT2D eigenvalue weighted by atomic mass is 9.88. The highest BCUT2D eigenvalue weighted by atomic mass is 16.5. The van der Waals surface area contributed by atoms with Crippen molar-refractivity contribution in [2.75, 3.05) is 26.2 Å². The van der Waals surface area contributed by atoms with Gasteiger partial charge in [-0.1, -0.05) is 12.1 Å². The second kappa shape index (κ2) is 6.87. The van der Waals surface area contributed by atoms with E-state index < -0.39 is 0 Å². The Morgan fingerprint density at radius 3 is 2.54 bits per heavy atom. The number of aliphatic imine (C=N–C) groups is 1. The Kier molecular flexibility index (Phi) is 4.77. The fraction of sp³-hybridized carbons (Fsp3) is 0.318. The molecule has 0 N–H and O–H groups in total. The number of fused-ring (bicyclic) bond motifs is 1. The maximum atomic E-state index is 5.63. The van der Waals surface area contributed by atoms with Crippen molar-refractivity contribution in [1.29, 1.82) is 0 Å². The molecule has 0 saturated carbocycles. The molecule has 136 valence electrons. The molecule has 0 fully saturated rings. The summed E-state index contributed by atoms with van der Waals surface area (Å²) in [6, 6.07) is 11.9. The molecule has 0 bridgehead atoms. The van der Waals surface area contributed by atoms with Crippen LogP contribution in [0, 0.1) is 0 Å². The van der Waals surface area contributed by atoms with Crippen LogP contribution in [0.3, 0.4) is 0 Å². The standard InChI is InChI=1S/C22H26N2O2/c1-15-13-22(2,3)24(4)20-12-21(26-6)16(10-19(15)20)14-23-17-8-7-9-18(11-17)25-5/h7-14H,1-6H3. The van der Waals surface area contributed by atoms with E-state index in [2.05, 4.69) is 55.9 Å². The van der Waals surface area contributed by atoms with Gasteiger partial charge in [0.25, 0.3) is 0 Å². The van der Waals surface area contributed by atoms with Crippen molar-refractivity contribution in [1.82, 2.24) is 0 Å². The van der Waals surface area contributed by atoms with Crippen LogP contribution in [0.5, 0.6) is 11.5 Å². The van der Waals surface area contributed by atoms with Gasteiger partial charge in [0.1, 0.15) is 11.5 Å². The van der Waals surface area contributed by atoms with Crippen molar-refractivity contribution >= 4 is 23.2 Å². The largest absolute Gasteiger partial charge is 0.497 e. The first-order chi connectivity index (χ1) is 12.4. The van der Waals surface area contributed by atoms with Crippen LogP contribution in [0.2, 0.25) is 0 Å². The lowest BCUT2D eigenvalue weighted by molar-refractivity contribution is 0.414. The zero-order valence-electron chi connectivity index (χ0n) is 16.3. The molecule has 0 spiro atoms. The van der Waals surface area contributed by atoms with E-state index in [4.69, 9.17) is 9.47 Å². The Morgan fingerprint density at radius 1 is 1.08 bits per heavy atom. The molecular weight excluding hydrogens is 324 g/mol. The molecule has 0 unspecified atom stereocenters. The van der Waals surface area contributed by atoms with E-state index in [1.807, 2.05) is 30.5 Å². The number of nitrogens with zero attached hydrogens (tertiary/aromatic N) is 2. The highest BCUT2D eigenvalue weighted by Gasteiger charge is 2.29. The molecule has 0 aliphatic carbocycles. The smallest absolute Gasteiger partial charge is 0.129 e. The maximum Gasteiger partial charge on any atom is 0.129 e. The molecule has 4 heteroatoms. The van der Waals surface area contributed by atoms with Gasteiger partial charge in [-0.15, -0.1) is 0 Å². The van der Waals surface area contributed by atoms with Crippen molar-refractivity contribution in [2.24, 2.45) is 4.99 Å². The summed E-state index contributed by atoms with van der Waals surface area (Å²) in [4.78, 5) is 6.88. The lowest BCUT2D eigenvalue weighted by Gasteiger charge is -2.40. The zero-order valence-corrected chi connectivity index (χ0v) is 16.3. The molecule has 0 saturated heterocycles. The number of anilines is 1. The first-order valence-electron chi connectivity index (χ1n) is 8.69. The number of likely N-dealkylation sites (N-methyl/N-ethyl adjacent to an activating group) is 1. The third-order valence-corrected chi connectivity index (χ3v) is 4.97. The Balaban J connectivity index is 2.03. The second-order valence-corrected chi connectivity index (χ2v) is 7.11. The van der Waals surface area contributed by atoms with Crippen LogP contribution >= 0.6 is 0 Å². The molecule has 1 aliphatic rings. The van der Waals surface area contributed by atoms with Crippen LogP contribution in [0.15, 0.2) is 47.5 Å². The van der Waals surface area contributed by atoms with Crippen LogP contribution in [0.25, 0.3) is 5.57 Å². The average Bonchev–Trinajstić information content (AvgIpc) is 2.63. The SMILES string of the molecule is COc1cccc(N=Cc2cc3c(cc2OC)N(C)C(C)(C)C=C3C)c1. The molecule has 3 rings (SSSR count). The van der Waals surface area contributed by atoms with Gasteiger partial charge in [0.15, 0.2) is 0 Å². The minimum absolute atomic E-state index is 0.0295. The number of hydrogen-bond acceptors (Lipinski definition) is 4. The van der Waals surface area contributed by atoms with Crippen molar-refractivity contribution in [2.45, 2.75) is 26.3 Å². The first kappa shape index (κ1) is 18.1. The van der Waals surface area contributed by atoms with E-state index in [0.717, 1.165) is 22.7 Å². The summed E-state index contributed by atoms with van der Waals surface area (Å²) in [6.07, 6.45) is 4.14. The Bertz CT molecular complexity index is 882. The number of benzene rings is 2. The number of ether oxygens (including phenoxy) is 2. The van der Waals surface area contributed by atoms with Gasteiger partial charge in [-0.3, -0.25) is 4.99 Å². The number of rotatable bonds is 4. The van der Waals surface area contributed by atoms with Crippen molar-refractivity contribution in [3.05, 3.63) is 53.6 Å². The van der Waals surface area contributed by atoms with E-state index in [-0.39, 0.29) is 5.54 Å². The summed E-state index contributed by atoms with van der Waals surface area (Å²) in [6.45, 7) is 6.58. The molecule has 1 heterocycles. The molecule has 2 aromatic carbocycles. The van der Waals surface area contributed by atoms with E-state index in [0.29, 0.717) is 0 Å². The van der Waals surface area contributed by atoms with Gasteiger partial charge in [-0.25, -0.2) is 0 Å². The Hall–Kier alpha value is -2.75. The maximum absolute atomic E-state index is 5.63. The quantitative estimate of drug-likeness (QED) is 0.721. The monoisotopic (exact) mass is 350 g/mol. The minimum atomic E-state index is -0.0295. The molecule has 1 aliphatic heterocycles. The molecular formula is C22H26N2O2. The second-order valence-electron chi connectivity index (χ2n) is 7.11. The summed E-state index contributed by atoms with van der Waals surface area (Å²) in [5, 5.41) is 0. The Labute approximate surface area is 155 Å². The van der Waals surface area contributed by atoms with Crippen LogP contribution in [-0.4, -0.2) is 33.0 Å². The fourth-order valence-corrected chi connectivity index (χ4v) is 3.31.